The third kappa shape index (κ3) is 246. The topological polar surface area (TPSA) is 161 Å². The van der Waals surface area contributed by atoms with Crippen molar-refractivity contribution >= 4 is 62.8 Å². The van der Waals surface area contributed by atoms with Gasteiger partial charge >= 0.3 is 196 Å². The molecule has 14 heteroatoms. The molecule has 0 rings (SSSR count). The molecule has 0 fully saturated rings. The first-order chi connectivity index (χ1) is 5.66. The Hall–Kier alpha value is 3.73. The molecule has 0 aliphatic carbocycles. The smallest absolute Gasteiger partial charge is 3.00 e. The quantitative estimate of drug-likeness (QED) is 0.235. The molecule has 0 amide bonds. The van der Waals surface area contributed by atoms with Crippen LogP contribution in [0.15, 0.2) is 0 Å². The van der Waals surface area contributed by atoms with E-state index in [2.05, 4.69) is 0 Å². The summed E-state index contributed by atoms with van der Waals surface area (Å²) in [5.41, 5.74) is 0. The summed E-state index contributed by atoms with van der Waals surface area (Å²) >= 11 is -8.75. The van der Waals surface area contributed by atoms with E-state index in [-0.39, 0.29) is 102 Å². The van der Waals surface area contributed by atoms with Crippen LogP contribution in [0.4, 0.5) is 0 Å². The normalized spacial score (nSPS) is 3.43. The van der Waals surface area contributed by atoms with Crippen LogP contribution in [0.5, 0.6) is 0 Å². The molecule has 8 nitrogen and oxygen atoms in total. The second-order valence-electron chi connectivity index (χ2n) is 0.385. The Bertz CT molecular complexity index is 75.3. The van der Waals surface area contributed by atoms with Gasteiger partial charge in [0, 0.05) is 0 Å². The molecule has 0 saturated heterocycles. The van der Waals surface area contributed by atoms with E-state index in [0.717, 1.165) is 0 Å². The van der Waals surface area contributed by atoms with Gasteiger partial charge in [-0.2, -0.15) is 0 Å². The molecule has 0 aliphatic rings. The second kappa shape index (κ2) is 69.3. The first kappa shape index (κ1) is 36.1. The third-order valence-electron chi connectivity index (χ3n) is 0. The van der Waals surface area contributed by atoms with Gasteiger partial charge in [-0.25, -0.2) is 0 Å². The molecule has 0 atom stereocenters. The SMILES string of the molecule is [Cs+].[O]=[GeH][O-].[O]=[GeH][O-].[O]=[GeH][O-].[O]=[GeH][O-].[Y+3]. The number of rotatable bonds is 0. The fourth-order valence-electron chi connectivity index (χ4n) is 0. The van der Waals surface area contributed by atoms with Gasteiger partial charge in [-0.3, -0.25) is 0 Å². The average Bonchev–Trinajstić information content (AvgIpc) is 1.92. The predicted octanol–water partition coefficient (Wildman–Crippen LogP) is -10.8. The van der Waals surface area contributed by atoms with Gasteiger partial charge in [0.2, 0.25) is 0 Å². The minimum atomic E-state index is -2.19. The molecule has 0 aromatic heterocycles. The van der Waals surface area contributed by atoms with Crippen LogP contribution in [0.3, 0.4) is 0 Å². The van der Waals surface area contributed by atoms with Crippen molar-refractivity contribution < 1.29 is 133 Å². The second-order valence-corrected chi connectivity index (χ2v) is 2.00. The van der Waals surface area contributed by atoms with Crippen LogP contribution in [0, 0.1) is 0 Å². The Morgan fingerprint density at radius 3 is 0.571 bits per heavy atom. The predicted molar refractivity (Wildman–Crippen MR) is 31.3 cm³/mol. The van der Waals surface area contributed by atoms with E-state index in [9.17, 15) is 0 Å². The van der Waals surface area contributed by atoms with Gasteiger partial charge in [-0.05, 0) is 0 Å². The van der Waals surface area contributed by atoms with Crippen molar-refractivity contribution in [1.29, 1.82) is 0 Å². The van der Waals surface area contributed by atoms with E-state index in [1.807, 2.05) is 0 Å². The van der Waals surface area contributed by atoms with Gasteiger partial charge in [0.25, 0.3) is 0 Å². The van der Waals surface area contributed by atoms with Crippen molar-refractivity contribution in [2.45, 2.75) is 0 Å². The van der Waals surface area contributed by atoms with Crippen LogP contribution in [-0.2, 0) is 47.8 Å². The zero-order valence-electron chi connectivity index (χ0n) is 7.15. The standard InChI is InChI=1S/Cs.4GeHO2.Y/c;4*2-1-3;/h;4*1H;/q+1;4*-1;+3. The molecule has 0 radical (unpaired) electrons. The molecule has 0 bridgehead atoms. The Morgan fingerprint density at radius 1 is 0.571 bits per heavy atom. The van der Waals surface area contributed by atoms with Gasteiger partial charge in [0.1, 0.15) is 0 Å². The fourth-order valence-corrected chi connectivity index (χ4v) is 0. The summed E-state index contributed by atoms with van der Waals surface area (Å²) in [5, 5.41) is 0. The molecular weight excluding hydrogens is 640 g/mol. The van der Waals surface area contributed by atoms with E-state index in [4.69, 9.17) is 31.6 Å². The Balaban J connectivity index is -0.0000000145. The summed E-state index contributed by atoms with van der Waals surface area (Å²) < 4.78 is 68.2. The summed E-state index contributed by atoms with van der Waals surface area (Å²) in [6, 6.07) is 0. The largest absolute Gasteiger partial charge is 3.00 e. The number of hydrogen-bond donors (Lipinski definition) is 0. The third-order valence-corrected chi connectivity index (χ3v) is 0. The summed E-state index contributed by atoms with van der Waals surface area (Å²) in [5.74, 6) is 0. The molecule has 0 saturated carbocycles. The van der Waals surface area contributed by atoms with Crippen LogP contribution in [0.2, 0.25) is 0 Å². The first-order valence-electron chi connectivity index (χ1n) is 1.89. The van der Waals surface area contributed by atoms with Gasteiger partial charge in [0.05, 0.1) is 0 Å². The van der Waals surface area contributed by atoms with E-state index in [1.165, 1.54) is 0 Å². The maximum absolute atomic E-state index is 8.53. The van der Waals surface area contributed by atoms with E-state index in [0.29, 0.717) is 0 Å². The maximum Gasteiger partial charge on any atom is 3.00 e. The molecule has 0 heterocycles. The van der Waals surface area contributed by atoms with Crippen molar-refractivity contribution in [1.82, 2.24) is 0 Å². The van der Waals surface area contributed by atoms with Gasteiger partial charge < -0.3 is 0 Å². The van der Waals surface area contributed by atoms with Gasteiger partial charge in [-0.1, -0.05) is 0 Å². The number of hydrogen-bond acceptors (Lipinski definition) is 8. The summed E-state index contributed by atoms with van der Waals surface area (Å²) in [4.78, 5) is 0. The van der Waals surface area contributed by atoms with Crippen molar-refractivity contribution in [3.05, 3.63) is 0 Å². The van der Waals surface area contributed by atoms with Gasteiger partial charge in [0.15, 0.2) is 0 Å². The fraction of sp³-hybridized carbons (Fsp3) is 0. The van der Waals surface area contributed by atoms with Crippen LogP contribution in [0.1, 0.15) is 0 Å². The zero-order valence-corrected chi connectivity index (χ0v) is 26.0. The van der Waals surface area contributed by atoms with Crippen LogP contribution < -0.4 is 85.4 Å². The molecule has 0 aromatic carbocycles. The summed E-state index contributed by atoms with van der Waals surface area (Å²) in [7, 11) is 0. The van der Waals surface area contributed by atoms with Crippen LogP contribution in [-0.4, -0.2) is 62.8 Å². The average molecular weight is 644 g/mol. The van der Waals surface area contributed by atoms with Crippen molar-refractivity contribution in [3.8, 4) is 0 Å². The molecule has 72 valence electrons. The molecule has 0 aliphatic heterocycles. The maximum atomic E-state index is 8.53. The van der Waals surface area contributed by atoms with E-state index < -0.39 is 62.8 Å². The molecule has 0 spiro atoms. The zero-order chi connectivity index (χ0) is 10.8. The van der Waals surface area contributed by atoms with Crippen molar-refractivity contribution in [2.75, 3.05) is 0 Å². The van der Waals surface area contributed by atoms with Crippen LogP contribution >= 0.6 is 0 Å². The first-order valence-corrected chi connectivity index (χ1v) is 9.80. The summed E-state index contributed by atoms with van der Waals surface area (Å²) in [6.07, 6.45) is 0. The summed E-state index contributed by atoms with van der Waals surface area (Å²) in [6.45, 7) is 0. The van der Waals surface area contributed by atoms with E-state index in [1.54, 1.807) is 0 Å². The Kier molecular flexibility index (Phi) is 179. The molecule has 0 unspecified atom stereocenters. The monoisotopic (exact) mass is 649 g/mol. The van der Waals surface area contributed by atoms with E-state index >= 15 is 0 Å². The molecule has 14 heavy (non-hydrogen) atoms. The minimum absolute atomic E-state index is 0. The van der Waals surface area contributed by atoms with Gasteiger partial charge in [-0.15, -0.1) is 0 Å². The minimum Gasteiger partial charge on any atom is 3.00 e. The molecular formula is H4CsGe4O8Y. The Labute approximate surface area is 191 Å². The molecule has 0 aromatic rings. The van der Waals surface area contributed by atoms with Crippen molar-refractivity contribution in [3.63, 3.8) is 0 Å². The van der Waals surface area contributed by atoms with Crippen molar-refractivity contribution in [2.24, 2.45) is 0 Å². The Morgan fingerprint density at radius 2 is 0.571 bits per heavy atom. The molecule has 0 N–H and O–H groups in total. The van der Waals surface area contributed by atoms with Crippen LogP contribution in [0.25, 0.3) is 0 Å².